The van der Waals surface area contributed by atoms with E-state index in [1.165, 1.54) is 16.9 Å². The molecule has 1 unspecified atom stereocenters. The molecule has 0 spiro atoms. The standard InChI is InChI=1S/C21H20N6OS/c1-14-4-6-15(7-5-14)12-26-10-8-17(19(26)28)23-20-25-27-13-18(24-21(27)29-20)16-3-2-9-22-11-16/h2-7,9,11,13,17H,8,10,12H2,1H3,(H,23,25). The van der Waals surface area contributed by atoms with Crippen molar-refractivity contribution in [1.29, 1.82) is 0 Å². The predicted octanol–water partition coefficient (Wildman–Crippen LogP) is 3.37. The van der Waals surface area contributed by atoms with Crippen molar-refractivity contribution in [2.45, 2.75) is 25.9 Å². The number of imidazole rings is 1. The molecule has 4 aromatic rings. The zero-order chi connectivity index (χ0) is 19.8. The Morgan fingerprint density at radius 3 is 2.86 bits per heavy atom. The third kappa shape index (κ3) is 3.58. The van der Waals surface area contributed by atoms with Gasteiger partial charge in [-0.05, 0) is 31.0 Å². The Labute approximate surface area is 172 Å². The molecule has 8 heteroatoms. The summed E-state index contributed by atoms with van der Waals surface area (Å²) >= 11 is 1.45. The van der Waals surface area contributed by atoms with Crippen LogP contribution >= 0.6 is 11.3 Å². The Balaban J connectivity index is 1.26. The maximum Gasteiger partial charge on any atom is 0.245 e. The van der Waals surface area contributed by atoms with E-state index in [-0.39, 0.29) is 11.9 Å². The molecule has 0 bridgehead atoms. The van der Waals surface area contributed by atoms with Gasteiger partial charge in [0.25, 0.3) is 0 Å². The van der Waals surface area contributed by atoms with Crippen molar-refractivity contribution in [3.63, 3.8) is 0 Å². The number of nitrogens with zero attached hydrogens (tertiary/aromatic N) is 5. The molecule has 7 nitrogen and oxygen atoms in total. The van der Waals surface area contributed by atoms with Crippen LogP contribution in [0, 0.1) is 6.92 Å². The highest BCUT2D eigenvalue weighted by Crippen LogP contribution is 2.26. The molecule has 5 rings (SSSR count). The summed E-state index contributed by atoms with van der Waals surface area (Å²) in [6, 6.07) is 11.9. The molecule has 1 amide bonds. The first-order valence-corrected chi connectivity index (χ1v) is 10.3. The van der Waals surface area contributed by atoms with Gasteiger partial charge in [-0.15, -0.1) is 5.10 Å². The molecule has 0 aliphatic carbocycles. The molecular formula is C21H20N6OS. The van der Waals surface area contributed by atoms with Gasteiger partial charge in [0.05, 0.1) is 11.9 Å². The van der Waals surface area contributed by atoms with Gasteiger partial charge in [-0.3, -0.25) is 9.78 Å². The Morgan fingerprint density at radius 2 is 2.10 bits per heavy atom. The van der Waals surface area contributed by atoms with E-state index in [0.29, 0.717) is 11.7 Å². The minimum atomic E-state index is -0.242. The van der Waals surface area contributed by atoms with Crippen molar-refractivity contribution in [3.05, 3.63) is 66.1 Å². The number of amides is 1. The molecule has 4 heterocycles. The average molecular weight is 404 g/mol. The van der Waals surface area contributed by atoms with Crippen LogP contribution in [0.5, 0.6) is 0 Å². The fraction of sp³-hybridized carbons (Fsp3) is 0.238. The highest BCUT2D eigenvalue weighted by molar-refractivity contribution is 7.20. The molecule has 1 aliphatic heterocycles. The van der Waals surface area contributed by atoms with Crippen LogP contribution in [0.25, 0.3) is 16.2 Å². The summed E-state index contributed by atoms with van der Waals surface area (Å²) in [7, 11) is 0. The molecule has 0 saturated carbocycles. The van der Waals surface area contributed by atoms with Crippen LogP contribution in [0.2, 0.25) is 0 Å². The number of nitrogens with one attached hydrogen (secondary N) is 1. The van der Waals surface area contributed by atoms with Crippen LogP contribution in [0.4, 0.5) is 5.13 Å². The Bertz CT molecular complexity index is 1120. The third-order valence-electron chi connectivity index (χ3n) is 5.09. The highest BCUT2D eigenvalue weighted by Gasteiger charge is 2.32. The van der Waals surface area contributed by atoms with E-state index in [1.54, 1.807) is 16.9 Å². The minimum absolute atomic E-state index is 0.120. The summed E-state index contributed by atoms with van der Waals surface area (Å²) < 4.78 is 1.75. The van der Waals surface area contributed by atoms with Gasteiger partial charge in [-0.25, -0.2) is 9.50 Å². The number of benzene rings is 1. The number of carbonyl (C=O) groups is 1. The molecule has 3 aromatic heterocycles. The third-order valence-corrected chi connectivity index (χ3v) is 5.94. The number of hydrogen-bond donors (Lipinski definition) is 1. The Kier molecular flexibility index (Phi) is 4.48. The van der Waals surface area contributed by atoms with E-state index >= 15 is 0 Å². The monoisotopic (exact) mass is 404 g/mol. The second-order valence-corrected chi connectivity index (χ2v) is 8.19. The minimum Gasteiger partial charge on any atom is -0.348 e. The molecule has 29 heavy (non-hydrogen) atoms. The summed E-state index contributed by atoms with van der Waals surface area (Å²) in [4.78, 5) is 24.2. The van der Waals surface area contributed by atoms with Crippen molar-refractivity contribution in [3.8, 4) is 11.3 Å². The maximum atomic E-state index is 12.8. The molecule has 0 radical (unpaired) electrons. The number of aromatic nitrogens is 4. The molecule has 1 saturated heterocycles. The van der Waals surface area contributed by atoms with Crippen molar-refractivity contribution in [2.24, 2.45) is 0 Å². The topological polar surface area (TPSA) is 75.4 Å². The molecule has 1 atom stereocenters. The lowest BCUT2D eigenvalue weighted by molar-refractivity contribution is -0.128. The number of fused-ring (bicyclic) bond motifs is 1. The summed E-state index contributed by atoms with van der Waals surface area (Å²) in [5.74, 6) is 0.120. The smallest absolute Gasteiger partial charge is 0.245 e. The number of rotatable bonds is 5. The number of carbonyl (C=O) groups excluding carboxylic acids is 1. The van der Waals surface area contributed by atoms with Crippen LogP contribution in [0.3, 0.4) is 0 Å². The molecular weight excluding hydrogens is 384 g/mol. The van der Waals surface area contributed by atoms with Crippen molar-refractivity contribution >= 4 is 27.3 Å². The Morgan fingerprint density at radius 1 is 1.24 bits per heavy atom. The van der Waals surface area contributed by atoms with Crippen LogP contribution in [0.1, 0.15) is 17.5 Å². The summed E-state index contributed by atoms with van der Waals surface area (Å²) in [6.07, 6.45) is 6.18. The van der Waals surface area contributed by atoms with E-state index in [0.717, 1.165) is 34.7 Å². The summed E-state index contributed by atoms with van der Waals surface area (Å²) in [5, 5.41) is 8.55. The van der Waals surface area contributed by atoms with Crippen molar-refractivity contribution in [2.75, 3.05) is 11.9 Å². The SMILES string of the molecule is Cc1ccc(CN2CCC(Nc3nn4cc(-c5cccnc5)nc4s3)C2=O)cc1. The van der Waals surface area contributed by atoms with E-state index in [4.69, 9.17) is 0 Å². The summed E-state index contributed by atoms with van der Waals surface area (Å²) in [5.41, 5.74) is 4.17. The van der Waals surface area contributed by atoms with Crippen LogP contribution in [-0.4, -0.2) is 43.0 Å². The fourth-order valence-corrected chi connectivity index (χ4v) is 4.34. The van der Waals surface area contributed by atoms with E-state index in [9.17, 15) is 4.79 Å². The van der Waals surface area contributed by atoms with Gasteiger partial charge in [0.2, 0.25) is 16.0 Å². The zero-order valence-electron chi connectivity index (χ0n) is 15.9. The largest absolute Gasteiger partial charge is 0.348 e. The first-order valence-electron chi connectivity index (χ1n) is 9.53. The molecule has 1 N–H and O–H groups in total. The zero-order valence-corrected chi connectivity index (χ0v) is 16.8. The lowest BCUT2D eigenvalue weighted by Gasteiger charge is -2.17. The van der Waals surface area contributed by atoms with Gasteiger partial charge in [-0.1, -0.05) is 41.2 Å². The van der Waals surface area contributed by atoms with Gasteiger partial charge >= 0.3 is 0 Å². The number of aryl methyl sites for hydroxylation is 1. The molecule has 1 aromatic carbocycles. The second-order valence-electron chi connectivity index (χ2n) is 7.23. The maximum absolute atomic E-state index is 12.8. The van der Waals surface area contributed by atoms with E-state index in [2.05, 4.69) is 51.6 Å². The summed E-state index contributed by atoms with van der Waals surface area (Å²) in [6.45, 7) is 3.46. The lowest BCUT2D eigenvalue weighted by Crippen LogP contribution is -2.33. The lowest BCUT2D eigenvalue weighted by atomic mass is 10.1. The first kappa shape index (κ1) is 17.8. The van der Waals surface area contributed by atoms with Gasteiger partial charge in [0, 0.05) is 31.0 Å². The first-order chi connectivity index (χ1) is 14.2. The number of anilines is 1. The van der Waals surface area contributed by atoms with Gasteiger partial charge in [0.1, 0.15) is 6.04 Å². The second kappa shape index (κ2) is 7.29. The van der Waals surface area contributed by atoms with Crippen molar-refractivity contribution in [1.82, 2.24) is 24.5 Å². The van der Waals surface area contributed by atoms with Gasteiger partial charge < -0.3 is 10.2 Å². The normalized spacial score (nSPS) is 16.7. The Hall–Kier alpha value is -3.26. The van der Waals surface area contributed by atoms with Gasteiger partial charge in [0.15, 0.2) is 0 Å². The molecule has 1 fully saturated rings. The number of pyridine rings is 1. The van der Waals surface area contributed by atoms with E-state index in [1.807, 2.05) is 23.2 Å². The fourth-order valence-electron chi connectivity index (χ4n) is 3.50. The molecule has 1 aliphatic rings. The number of likely N-dealkylation sites (tertiary alicyclic amines) is 1. The quantitative estimate of drug-likeness (QED) is 0.552. The number of hydrogen-bond acceptors (Lipinski definition) is 6. The van der Waals surface area contributed by atoms with E-state index < -0.39 is 0 Å². The van der Waals surface area contributed by atoms with Crippen molar-refractivity contribution < 1.29 is 4.79 Å². The van der Waals surface area contributed by atoms with Gasteiger partial charge in [-0.2, -0.15) is 0 Å². The predicted molar refractivity (Wildman–Crippen MR) is 113 cm³/mol. The average Bonchev–Trinajstić information content (AvgIpc) is 3.40. The van der Waals surface area contributed by atoms with Crippen LogP contribution in [-0.2, 0) is 11.3 Å². The molecule has 146 valence electrons. The highest BCUT2D eigenvalue weighted by atomic mass is 32.1. The van der Waals surface area contributed by atoms with Crippen LogP contribution in [0.15, 0.2) is 55.0 Å². The van der Waals surface area contributed by atoms with Crippen LogP contribution < -0.4 is 5.32 Å².